The summed E-state index contributed by atoms with van der Waals surface area (Å²) < 4.78 is 8.80. The lowest BCUT2D eigenvalue weighted by Gasteiger charge is -2.13. The SMILES string of the molecule is COc1ccc(NC(=O)c2cc3cnn(C(C)C)c3nc2C)cc1-n1nnnc1C. The van der Waals surface area contributed by atoms with E-state index in [2.05, 4.69) is 30.9 Å². The smallest absolute Gasteiger partial charge is 0.257 e. The summed E-state index contributed by atoms with van der Waals surface area (Å²) in [5.74, 6) is 0.928. The fourth-order valence-electron chi connectivity index (χ4n) is 3.26. The molecule has 0 atom stereocenters. The first-order valence-electron chi connectivity index (χ1n) is 9.48. The Morgan fingerprint density at radius 3 is 2.67 bits per heavy atom. The first-order chi connectivity index (χ1) is 14.4. The minimum atomic E-state index is -0.260. The summed E-state index contributed by atoms with van der Waals surface area (Å²) in [6.07, 6.45) is 1.73. The number of aromatic nitrogens is 7. The van der Waals surface area contributed by atoms with Crippen molar-refractivity contribution in [2.45, 2.75) is 33.7 Å². The average molecular weight is 406 g/mol. The highest BCUT2D eigenvalue weighted by Gasteiger charge is 2.17. The second-order valence-corrected chi connectivity index (χ2v) is 7.20. The highest BCUT2D eigenvalue weighted by Crippen LogP contribution is 2.27. The van der Waals surface area contributed by atoms with Crippen molar-refractivity contribution in [3.63, 3.8) is 0 Å². The lowest BCUT2D eigenvalue weighted by atomic mass is 10.1. The number of benzene rings is 1. The minimum Gasteiger partial charge on any atom is -0.494 e. The number of carbonyl (C=O) groups is 1. The van der Waals surface area contributed by atoms with Crippen molar-refractivity contribution >= 4 is 22.6 Å². The number of methoxy groups -OCH3 is 1. The number of ether oxygens (including phenoxy) is 1. The molecule has 0 saturated heterocycles. The summed E-state index contributed by atoms with van der Waals surface area (Å²) >= 11 is 0. The molecule has 0 aliphatic carbocycles. The van der Waals surface area contributed by atoms with E-state index in [0.29, 0.717) is 34.2 Å². The number of rotatable bonds is 5. The van der Waals surface area contributed by atoms with Crippen LogP contribution in [0.3, 0.4) is 0 Å². The second kappa shape index (κ2) is 7.54. The van der Waals surface area contributed by atoms with Crippen LogP contribution in [-0.2, 0) is 0 Å². The number of amides is 1. The molecule has 30 heavy (non-hydrogen) atoms. The van der Waals surface area contributed by atoms with Crippen LogP contribution in [0.1, 0.15) is 41.8 Å². The summed E-state index contributed by atoms with van der Waals surface area (Å²) in [5, 5.41) is 19.7. The van der Waals surface area contributed by atoms with E-state index in [0.717, 1.165) is 11.0 Å². The zero-order valence-corrected chi connectivity index (χ0v) is 17.4. The van der Waals surface area contributed by atoms with Gasteiger partial charge in [0.2, 0.25) is 0 Å². The van der Waals surface area contributed by atoms with Crippen molar-refractivity contribution in [1.29, 1.82) is 0 Å². The maximum Gasteiger partial charge on any atom is 0.257 e. The topological polar surface area (TPSA) is 113 Å². The van der Waals surface area contributed by atoms with Gasteiger partial charge in [0, 0.05) is 17.1 Å². The molecule has 4 rings (SSSR count). The van der Waals surface area contributed by atoms with Crippen LogP contribution in [-0.4, -0.2) is 48.0 Å². The van der Waals surface area contributed by atoms with Gasteiger partial charge in [-0.3, -0.25) is 4.79 Å². The molecule has 3 heterocycles. The van der Waals surface area contributed by atoms with Crippen molar-refractivity contribution in [3.8, 4) is 11.4 Å². The van der Waals surface area contributed by atoms with Crippen LogP contribution in [0.25, 0.3) is 16.7 Å². The summed E-state index contributed by atoms with van der Waals surface area (Å²) in [6, 6.07) is 7.28. The Kier molecular flexibility index (Phi) is 4.90. The molecule has 0 fully saturated rings. The van der Waals surface area contributed by atoms with E-state index in [-0.39, 0.29) is 11.9 Å². The van der Waals surface area contributed by atoms with Crippen LogP contribution in [0.15, 0.2) is 30.5 Å². The summed E-state index contributed by atoms with van der Waals surface area (Å²) in [6.45, 7) is 7.68. The minimum absolute atomic E-state index is 0.182. The number of pyridine rings is 1. The number of hydrogen-bond acceptors (Lipinski definition) is 7. The van der Waals surface area contributed by atoms with Gasteiger partial charge in [0.05, 0.1) is 24.6 Å². The van der Waals surface area contributed by atoms with Gasteiger partial charge in [0.1, 0.15) is 11.4 Å². The van der Waals surface area contributed by atoms with E-state index in [9.17, 15) is 4.79 Å². The van der Waals surface area contributed by atoms with Crippen molar-refractivity contribution < 1.29 is 9.53 Å². The fraction of sp³-hybridized carbons (Fsp3) is 0.300. The molecule has 0 radical (unpaired) electrons. The molecule has 10 heteroatoms. The summed E-state index contributed by atoms with van der Waals surface area (Å²) in [5.41, 5.74) is 3.10. The van der Waals surface area contributed by atoms with Gasteiger partial charge < -0.3 is 10.1 Å². The summed E-state index contributed by atoms with van der Waals surface area (Å²) in [4.78, 5) is 17.6. The number of carbonyl (C=O) groups excluding carboxylic acids is 1. The molecular weight excluding hydrogens is 384 g/mol. The molecule has 0 saturated carbocycles. The molecule has 10 nitrogen and oxygen atoms in total. The van der Waals surface area contributed by atoms with Crippen LogP contribution in [0.4, 0.5) is 5.69 Å². The first kappa shape index (κ1) is 19.5. The maximum absolute atomic E-state index is 13.0. The molecule has 0 aliphatic heterocycles. The molecule has 0 spiro atoms. The number of fused-ring (bicyclic) bond motifs is 1. The Morgan fingerprint density at radius 1 is 1.20 bits per heavy atom. The molecule has 0 unspecified atom stereocenters. The average Bonchev–Trinajstić information content (AvgIpc) is 3.32. The molecular formula is C20H22N8O2. The number of tetrazole rings is 1. The number of nitrogens with one attached hydrogen (secondary N) is 1. The van der Waals surface area contributed by atoms with Crippen LogP contribution < -0.4 is 10.1 Å². The van der Waals surface area contributed by atoms with Gasteiger partial charge in [-0.05, 0) is 62.4 Å². The molecule has 3 aromatic heterocycles. The van der Waals surface area contributed by atoms with Crippen molar-refractivity contribution in [3.05, 3.63) is 47.5 Å². The standard InChI is InChI=1S/C20H22N8O2/c1-11(2)27-19-14(10-21-27)8-16(12(3)22-19)20(29)23-15-6-7-18(30-5)17(9-15)28-13(4)24-25-26-28/h6-11H,1-5H3,(H,23,29). The molecule has 0 bridgehead atoms. The van der Waals surface area contributed by atoms with Crippen LogP contribution in [0.5, 0.6) is 5.75 Å². The van der Waals surface area contributed by atoms with Crippen LogP contribution in [0.2, 0.25) is 0 Å². The predicted octanol–water partition coefficient (Wildman–Crippen LogP) is 2.87. The molecule has 1 N–H and O–H groups in total. The van der Waals surface area contributed by atoms with E-state index in [1.165, 1.54) is 0 Å². The second-order valence-electron chi connectivity index (χ2n) is 7.20. The molecule has 1 aromatic carbocycles. The Bertz CT molecular complexity index is 1240. The van der Waals surface area contributed by atoms with Gasteiger partial charge in [0.25, 0.3) is 5.91 Å². The highest BCUT2D eigenvalue weighted by molar-refractivity contribution is 6.06. The third-order valence-corrected chi connectivity index (χ3v) is 4.78. The quantitative estimate of drug-likeness (QED) is 0.542. The lowest BCUT2D eigenvalue weighted by molar-refractivity contribution is 0.102. The monoisotopic (exact) mass is 406 g/mol. The van der Waals surface area contributed by atoms with Crippen LogP contribution in [0, 0.1) is 13.8 Å². The Morgan fingerprint density at radius 2 is 2.00 bits per heavy atom. The number of nitrogens with zero attached hydrogens (tertiary/aromatic N) is 7. The van der Waals surface area contributed by atoms with E-state index in [4.69, 9.17) is 4.74 Å². The van der Waals surface area contributed by atoms with Gasteiger partial charge in [0.15, 0.2) is 11.5 Å². The van der Waals surface area contributed by atoms with Gasteiger partial charge in [-0.2, -0.15) is 9.78 Å². The van der Waals surface area contributed by atoms with Crippen molar-refractivity contribution in [2.24, 2.45) is 0 Å². The van der Waals surface area contributed by atoms with Crippen LogP contribution >= 0.6 is 0 Å². The predicted molar refractivity (Wildman–Crippen MR) is 111 cm³/mol. The highest BCUT2D eigenvalue weighted by atomic mass is 16.5. The fourth-order valence-corrected chi connectivity index (χ4v) is 3.26. The molecule has 154 valence electrons. The Hall–Kier alpha value is -3.82. The maximum atomic E-state index is 13.0. The molecule has 1 amide bonds. The third-order valence-electron chi connectivity index (χ3n) is 4.78. The van der Waals surface area contributed by atoms with E-state index in [1.807, 2.05) is 31.5 Å². The summed E-state index contributed by atoms with van der Waals surface area (Å²) in [7, 11) is 1.57. The van der Waals surface area contributed by atoms with Crippen molar-refractivity contribution in [2.75, 3.05) is 12.4 Å². The number of aryl methyl sites for hydroxylation is 2. The normalized spacial score (nSPS) is 11.3. The third kappa shape index (κ3) is 3.36. The van der Waals surface area contributed by atoms with E-state index < -0.39 is 0 Å². The number of hydrogen-bond donors (Lipinski definition) is 1. The Balaban J connectivity index is 1.67. The van der Waals surface area contributed by atoms with Gasteiger partial charge in [-0.15, -0.1) is 5.10 Å². The molecule has 0 aliphatic rings. The zero-order chi connectivity index (χ0) is 21.4. The zero-order valence-electron chi connectivity index (χ0n) is 17.4. The first-order valence-corrected chi connectivity index (χ1v) is 9.48. The van der Waals surface area contributed by atoms with E-state index in [1.54, 1.807) is 43.1 Å². The Labute approximate surface area is 172 Å². The van der Waals surface area contributed by atoms with E-state index >= 15 is 0 Å². The van der Waals surface area contributed by atoms with Gasteiger partial charge >= 0.3 is 0 Å². The van der Waals surface area contributed by atoms with Gasteiger partial charge in [-0.25, -0.2) is 9.67 Å². The number of anilines is 1. The molecule has 4 aromatic rings. The van der Waals surface area contributed by atoms with Crippen molar-refractivity contribution in [1.82, 2.24) is 35.0 Å². The van der Waals surface area contributed by atoms with Gasteiger partial charge in [-0.1, -0.05) is 0 Å². The lowest BCUT2D eigenvalue weighted by Crippen LogP contribution is -2.15. The largest absolute Gasteiger partial charge is 0.494 e.